The molecule has 1 amide bonds. The third kappa shape index (κ3) is 3.52. The largest absolute Gasteiger partial charge is 0.399 e. The van der Waals surface area contributed by atoms with Gasteiger partial charge in [-0.15, -0.1) is 0 Å². The molecule has 0 saturated heterocycles. The molecular weight excluding hydrogens is 243 g/mol. The maximum atomic E-state index is 13.3. The van der Waals surface area contributed by atoms with Gasteiger partial charge in [0.1, 0.15) is 11.1 Å². The molecule has 0 spiro atoms. The molecule has 0 fully saturated rings. The minimum Gasteiger partial charge on any atom is -0.399 e. The molecule has 0 aliphatic carbocycles. The third-order valence-corrected chi connectivity index (χ3v) is 3.87. The van der Waals surface area contributed by atoms with E-state index < -0.39 is 27.8 Å². The lowest BCUT2D eigenvalue weighted by Crippen LogP contribution is -2.30. The van der Waals surface area contributed by atoms with E-state index in [1.54, 1.807) is 13.8 Å². The summed E-state index contributed by atoms with van der Waals surface area (Å²) in [6, 6.07) is 3.90. The molecule has 1 rings (SSSR count). The Morgan fingerprint density at radius 2 is 2.24 bits per heavy atom. The smallest absolute Gasteiger partial charge is 0.239 e. The Bertz CT molecular complexity index is 451. The summed E-state index contributed by atoms with van der Waals surface area (Å²) in [7, 11) is -1.25. The molecule has 0 aromatic heterocycles. The van der Waals surface area contributed by atoms with Crippen LogP contribution < -0.4 is 11.1 Å². The number of nitrogen functional groups attached to an aromatic ring is 1. The number of anilines is 2. The molecule has 3 N–H and O–H groups in total. The highest BCUT2D eigenvalue weighted by Crippen LogP contribution is 2.17. The fourth-order valence-electron chi connectivity index (χ4n) is 1.24. The van der Waals surface area contributed by atoms with Crippen molar-refractivity contribution in [2.24, 2.45) is 0 Å². The molecule has 0 bridgehead atoms. The zero-order valence-electron chi connectivity index (χ0n) is 9.70. The molecular formula is C11H15FN2O2S. The van der Waals surface area contributed by atoms with E-state index in [0.29, 0.717) is 11.4 Å². The van der Waals surface area contributed by atoms with Crippen molar-refractivity contribution in [3.8, 4) is 0 Å². The number of rotatable bonds is 4. The van der Waals surface area contributed by atoms with Gasteiger partial charge in [-0.25, -0.2) is 4.39 Å². The minimum atomic E-state index is -1.25. The van der Waals surface area contributed by atoms with E-state index in [2.05, 4.69) is 5.32 Å². The highest BCUT2D eigenvalue weighted by molar-refractivity contribution is 7.86. The predicted molar refractivity (Wildman–Crippen MR) is 67.6 cm³/mol. The fraction of sp³-hybridized carbons (Fsp3) is 0.364. The predicted octanol–water partition coefficient (Wildman–Crippen LogP) is 1.50. The Balaban J connectivity index is 2.81. The monoisotopic (exact) mass is 258 g/mol. The van der Waals surface area contributed by atoms with Crippen molar-refractivity contribution < 1.29 is 13.4 Å². The SMILES string of the molecule is CCS(=O)C(C)C(=O)Nc1cc(N)ccc1F. The van der Waals surface area contributed by atoms with E-state index >= 15 is 0 Å². The molecule has 94 valence electrons. The minimum absolute atomic E-state index is 0.00922. The summed E-state index contributed by atoms with van der Waals surface area (Å²) in [5, 5.41) is 1.70. The molecule has 2 atom stereocenters. The Hall–Kier alpha value is -1.43. The van der Waals surface area contributed by atoms with Gasteiger partial charge >= 0.3 is 0 Å². The van der Waals surface area contributed by atoms with Gasteiger partial charge in [-0.1, -0.05) is 6.92 Å². The summed E-state index contributed by atoms with van der Waals surface area (Å²) < 4.78 is 24.8. The van der Waals surface area contributed by atoms with Crippen LogP contribution >= 0.6 is 0 Å². The number of hydrogen-bond donors (Lipinski definition) is 2. The summed E-state index contributed by atoms with van der Waals surface area (Å²) >= 11 is 0. The van der Waals surface area contributed by atoms with Gasteiger partial charge in [-0.05, 0) is 25.1 Å². The number of nitrogens with one attached hydrogen (secondary N) is 1. The standard InChI is InChI=1S/C11H15FN2O2S/c1-3-17(16)7(2)11(15)14-10-6-8(13)4-5-9(10)12/h4-7H,3,13H2,1-2H3,(H,14,15). The van der Waals surface area contributed by atoms with Crippen molar-refractivity contribution in [3.05, 3.63) is 24.0 Å². The third-order valence-electron chi connectivity index (χ3n) is 2.30. The molecule has 1 aromatic carbocycles. The lowest BCUT2D eigenvalue weighted by molar-refractivity contribution is -0.115. The molecule has 0 aliphatic heterocycles. The second-order valence-corrected chi connectivity index (χ2v) is 5.59. The molecule has 0 aliphatic rings. The van der Waals surface area contributed by atoms with Gasteiger partial charge in [0, 0.05) is 22.2 Å². The molecule has 1 aromatic rings. The molecule has 2 unspecified atom stereocenters. The Morgan fingerprint density at radius 3 is 2.82 bits per heavy atom. The number of amides is 1. The maximum Gasteiger partial charge on any atom is 0.239 e. The topological polar surface area (TPSA) is 72.2 Å². The zero-order valence-corrected chi connectivity index (χ0v) is 10.5. The number of hydrogen-bond acceptors (Lipinski definition) is 3. The highest BCUT2D eigenvalue weighted by Gasteiger charge is 2.19. The van der Waals surface area contributed by atoms with Crippen molar-refractivity contribution in [1.29, 1.82) is 0 Å². The van der Waals surface area contributed by atoms with E-state index in [4.69, 9.17) is 5.73 Å². The normalized spacial score (nSPS) is 14.1. The second-order valence-electron chi connectivity index (χ2n) is 3.54. The van der Waals surface area contributed by atoms with Gasteiger partial charge in [0.05, 0.1) is 5.69 Å². The van der Waals surface area contributed by atoms with Crippen LogP contribution in [-0.2, 0) is 15.6 Å². The summed E-state index contributed by atoms with van der Waals surface area (Å²) in [6.07, 6.45) is 0. The van der Waals surface area contributed by atoms with Crippen LogP contribution in [0.1, 0.15) is 13.8 Å². The van der Waals surface area contributed by atoms with E-state index in [1.165, 1.54) is 18.2 Å². The van der Waals surface area contributed by atoms with Gasteiger partial charge in [0.2, 0.25) is 5.91 Å². The molecule has 0 radical (unpaired) electrons. The first-order chi connectivity index (χ1) is 7.95. The van der Waals surface area contributed by atoms with Crippen molar-refractivity contribution in [3.63, 3.8) is 0 Å². The van der Waals surface area contributed by atoms with Crippen LogP contribution in [0.5, 0.6) is 0 Å². The van der Waals surface area contributed by atoms with Crippen molar-refractivity contribution in [2.45, 2.75) is 19.1 Å². The van der Waals surface area contributed by atoms with E-state index in [0.717, 1.165) is 0 Å². The number of nitrogens with two attached hydrogens (primary N) is 1. The zero-order chi connectivity index (χ0) is 13.0. The second kappa shape index (κ2) is 5.77. The molecule has 0 heterocycles. The molecule has 17 heavy (non-hydrogen) atoms. The number of halogens is 1. The number of benzene rings is 1. The number of carbonyl (C=O) groups excluding carboxylic acids is 1. The van der Waals surface area contributed by atoms with Crippen LogP contribution in [-0.4, -0.2) is 21.1 Å². The van der Waals surface area contributed by atoms with Crippen LogP contribution in [0.25, 0.3) is 0 Å². The van der Waals surface area contributed by atoms with Gasteiger partial charge in [-0.2, -0.15) is 0 Å². The average molecular weight is 258 g/mol. The van der Waals surface area contributed by atoms with E-state index in [-0.39, 0.29) is 5.69 Å². The Kier molecular flexibility index (Phi) is 4.62. The van der Waals surface area contributed by atoms with E-state index in [9.17, 15) is 13.4 Å². The first kappa shape index (κ1) is 13.6. The maximum absolute atomic E-state index is 13.3. The van der Waals surface area contributed by atoms with Crippen LogP contribution in [0.2, 0.25) is 0 Å². The van der Waals surface area contributed by atoms with Crippen molar-refractivity contribution in [1.82, 2.24) is 0 Å². The van der Waals surface area contributed by atoms with Gasteiger partial charge in [-0.3, -0.25) is 9.00 Å². The van der Waals surface area contributed by atoms with Crippen LogP contribution in [0, 0.1) is 5.82 Å². The van der Waals surface area contributed by atoms with Crippen LogP contribution in [0.3, 0.4) is 0 Å². The summed E-state index contributed by atoms with van der Waals surface area (Å²) in [6.45, 7) is 3.26. The fourth-order valence-corrected chi connectivity index (χ4v) is 2.04. The number of carbonyl (C=O) groups is 1. The average Bonchev–Trinajstić information content (AvgIpc) is 2.31. The van der Waals surface area contributed by atoms with Gasteiger partial charge in [0.25, 0.3) is 0 Å². The lowest BCUT2D eigenvalue weighted by Gasteiger charge is -2.11. The van der Waals surface area contributed by atoms with Crippen molar-refractivity contribution >= 4 is 28.1 Å². The summed E-state index contributed by atoms with van der Waals surface area (Å²) in [5.74, 6) is -0.662. The Morgan fingerprint density at radius 1 is 1.59 bits per heavy atom. The Labute approximate surface area is 102 Å². The van der Waals surface area contributed by atoms with Gasteiger partial charge < -0.3 is 11.1 Å². The van der Waals surface area contributed by atoms with Crippen molar-refractivity contribution in [2.75, 3.05) is 16.8 Å². The quantitative estimate of drug-likeness (QED) is 0.804. The summed E-state index contributed by atoms with van der Waals surface area (Å²) in [4.78, 5) is 11.7. The van der Waals surface area contributed by atoms with Crippen LogP contribution in [0.4, 0.5) is 15.8 Å². The van der Waals surface area contributed by atoms with Gasteiger partial charge in [0.15, 0.2) is 0 Å². The highest BCUT2D eigenvalue weighted by atomic mass is 32.2. The first-order valence-corrected chi connectivity index (χ1v) is 6.57. The molecule has 6 heteroatoms. The lowest BCUT2D eigenvalue weighted by atomic mass is 10.2. The summed E-state index contributed by atoms with van der Waals surface area (Å²) in [5.41, 5.74) is 5.85. The van der Waals surface area contributed by atoms with E-state index in [1.807, 2.05) is 0 Å². The van der Waals surface area contributed by atoms with Crippen LogP contribution in [0.15, 0.2) is 18.2 Å². The molecule has 0 saturated carbocycles. The molecule has 4 nitrogen and oxygen atoms in total. The first-order valence-electron chi connectivity index (χ1n) is 5.18.